The van der Waals surface area contributed by atoms with Gasteiger partial charge in [-0.15, -0.1) is 0 Å². The highest BCUT2D eigenvalue weighted by molar-refractivity contribution is 9.11. The number of hydrogen-bond acceptors (Lipinski definition) is 4. The maximum absolute atomic E-state index is 11.9. The van der Waals surface area contributed by atoms with Crippen molar-refractivity contribution in [1.82, 2.24) is 0 Å². The lowest BCUT2D eigenvalue weighted by molar-refractivity contribution is 0.201. The minimum atomic E-state index is -3.64. The Kier molecular flexibility index (Phi) is 6.18. The van der Waals surface area contributed by atoms with E-state index in [1.807, 2.05) is 0 Å². The van der Waals surface area contributed by atoms with Crippen molar-refractivity contribution in [1.29, 1.82) is 0 Å². The maximum Gasteiger partial charge on any atom is 0.529 e. The molecule has 1 aromatic carbocycles. The van der Waals surface area contributed by atoms with Crippen LogP contribution in [0, 0.1) is 0 Å². The summed E-state index contributed by atoms with van der Waals surface area (Å²) >= 11 is 14.9. The molecular weight excluding hydrogens is 366 g/mol. The molecule has 100 valence electrons. The fraction of sp³-hybridized carbons (Fsp3) is 0.200. The number of phosphoric acid groups is 1. The minimum Gasteiger partial charge on any atom is -0.403 e. The van der Waals surface area contributed by atoms with Crippen LogP contribution < -0.4 is 0 Å². The first-order chi connectivity index (χ1) is 8.45. The van der Waals surface area contributed by atoms with Gasteiger partial charge in [-0.25, -0.2) is 4.57 Å². The van der Waals surface area contributed by atoms with Gasteiger partial charge in [0.05, 0.1) is 5.02 Å². The molecule has 4 nitrogen and oxygen atoms in total. The summed E-state index contributed by atoms with van der Waals surface area (Å²) < 4.78 is 26.4. The van der Waals surface area contributed by atoms with Crippen molar-refractivity contribution in [2.24, 2.45) is 0 Å². The van der Waals surface area contributed by atoms with E-state index in [1.54, 1.807) is 18.2 Å². The van der Waals surface area contributed by atoms with Gasteiger partial charge >= 0.3 is 7.82 Å². The van der Waals surface area contributed by atoms with Gasteiger partial charge in [-0.3, -0.25) is 9.05 Å². The smallest absolute Gasteiger partial charge is 0.403 e. The molecule has 0 amide bonds. The van der Waals surface area contributed by atoms with Crippen LogP contribution in [0.15, 0.2) is 23.2 Å². The topological polar surface area (TPSA) is 44.8 Å². The van der Waals surface area contributed by atoms with Gasteiger partial charge in [0.1, 0.15) is 5.76 Å². The van der Waals surface area contributed by atoms with Crippen LogP contribution in [0.3, 0.4) is 0 Å². The van der Waals surface area contributed by atoms with E-state index in [4.69, 9.17) is 27.7 Å². The van der Waals surface area contributed by atoms with Gasteiger partial charge in [-0.1, -0.05) is 39.1 Å². The van der Waals surface area contributed by atoms with E-state index in [2.05, 4.69) is 25.0 Å². The lowest BCUT2D eigenvalue weighted by Crippen LogP contribution is -1.95. The van der Waals surface area contributed by atoms with Gasteiger partial charge in [0, 0.05) is 29.8 Å². The van der Waals surface area contributed by atoms with Gasteiger partial charge in [0.25, 0.3) is 0 Å². The summed E-state index contributed by atoms with van der Waals surface area (Å²) in [5, 5.41) is 0.839. The van der Waals surface area contributed by atoms with Crippen molar-refractivity contribution < 1.29 is 18.1 Å². The molecule has 0 saturated heterocycles. The molecule has 0 aromatic heterocycles. The summed E-state index contributed by atoms with van der Waals surface area (Å²) in [7, 11) is -1.20. The average molecular weight is 376 g/mol. The van der Waals surface area contributed by atoms with Crippen LogP contribution in [0.1, 0.15) is 5.56 Å². The van der Waals surface area contributed by atoms with Gasteiger partial charge in [0.2, 0.25) is 0 Å². The highest BCUT2D eigenvalue weighted by Gasteiger charge is 2.27. The molecule has 0 unspecified atom stereocenters. The Balaban J connectivity index is 3.09. The van der Waals surface area contributed by atoms with Gasteiger partial charge in [-0.05, 0) is 18.2 Å². The van der Waals surface area contributed by atoms with Crippen LogP contribution in [0.5, 0.6) is 0 Å². The molecule has 0 atom stereocenters. The number of benzene rings is 1. The Morgan fingerprint density at radius 1 is 1.33 bits per heavy atom. The Bertz CT molecular complexity index is 499. The highest BCUT2D eigenvalue weighted by atomic mass is 79.9. The SMILES string of the molecule is COP(=O)(OC)O/C(=C\Br)c1ccc(Cl)cc1Cl. The Labute approximate surface area is 124 Å². The van der Waals surface area contributed by atoms with Gasteiger partial charge < -0.3 is 4.52 Å². The highest BCUT2D eigenvalue weighted by Crippen LogP contribution is 2.52. The molecule has 0 radical (unpaired) electrons. The zero-order valence-electron chi connectivity index (χ0n) is 9.52. The maximum atomic E-state index is 11.9. The van der Waals surface area contributed by atoms with E-state index in [0.29, 0.717) is 15.6 Å². The molecule has 1 rings (SSSR count). The van der Waals surface area contributed by atoms with Crippen LogP contribution in [-0.2, 0) is 18.1 Å². The summed E-state index contributed by atoms with van der Waals surface area (Å²) in [5.74, 6) is 0.212. The molecule has 0 aliphatic heterocycles. The van der Waals surface area contributed by atoms with Crippen LogP contribution in [0.4, 0.5) is 0 Å². The normalized spacial score (nSPS) is 12.6. The summed E-state index contributed by atoms with van der Waals surface area (Å²) in [6.45, 7) is 0. The van der Waals surface area contributed by atoms with Crippen LogP contribution in [0.25, 0.3) is 5.76 Å². The average Bonchev–Trinajstić information content (AvgIpc) is 2.36. The van der Waals surface area contributed by atoms with Crippen molar-refractivity contribution in [2.45, 2.75) is 0 Å². The van der Waals surface area contributed by atoms with Crippen molar-refractivity contribution >= 4 is 52.7 Å². The lowest BCUT2D eigenvalue weighted by atomic mass is 10.2. The number of rotatable bonds is 5. The van der Waals surface area contributed by atoms with Crippen LogP contribution in [-0.4, -0.2) is 14.2 Å². The third kappa shape index (κ3) is 3.98. The predicted molar refractivity (Wildman–Crippen MR) is 76.1 cm³/mol. The molecule has 0 spiro atoms. The van der Waals surface area contributed by atoms with E-state index in [0.717, 1.165) is 0 Å². The zero-order chi connectivity index (χ0) is 13.8. The molecule has 0 aliphatic carbocycles. The molecule has 0 fully saturated rings. The summed E-state index contributed by atoms with van der Waals surface area (Å²) in [6.07, 6.45) is 0. The second kappa shape index (κ2) is 6.94. The molecule has 0 heterocycles. The monoisotopic (exact) mass is 374 g/mol. The fourth-order valence-electron chi connectivity index (χ4n) is 1.09. The quantitative estimate of drug-likeness (QED) is 0.530. The first-order valence-electron chi connectivity index (χ1n) is 4.62. The Morgan fingerprint density at radius 3 is 2.39 bits per heavy atom. The molecule has 0 bridgehead atoms. The minimum absolute atomic E-state index is 0.212. The number of hydrogen-bond donors (Lipinski definition) is 0. The summed E-state index contributed by atoms with van der Waals surface area (Å²) in [5.41, 5.74) is 0.507. The largest absolute Gasteiger partial charge is 0.529 e. The Hall–Kier alpha value is -0.0300. The van der Waals surface area contributed by atoms with E-state index in [-0.39, 0.29) is 5.76 Å². The van der Waals surface area contributed by atoms with Crippen LogP contribution in [0.2, 0.25) is 10.0 Å². The molecular formula is C10H10BrCl2O4P. The van der Waals surface area contributed by atoms with Crippen LogP contribution >= 0.6 is 47.0 Å². The van der Waals surface area contributed by atoms with Gasteiger partial charge in [0.15, 0.2) is 0 Å². The van der Waals surface area contributed by atoms with Crippen molar-refractivity contribution in [2.75, 3.05) is 14.2 Å². The second-order valence-electron chi connectivity index (χ2n) is 3.00. The number of halogens is 3. The molecule has 8 heteroatoms. The first-order valence-corrected chi connectivity index (χ1v) is 7.76. The van der Waals surface area contributed by atoms with Crippen molar-refractivity contribution in [3.63, 3.8) is 0 Å². The summed E-state index contributed by atoms with van der Waals surface area (Å²) in [6, 6.07) is 4.81. The predicted octanol–water partition coefficient (Wildman–Crippen LogP) is 5.10. The van der Waals surface area contributed by atoms with Crippen molar-refractivity contribution in [3.8, 4) is 0 Å². The van der Waals surface area contributed by atoms with Gasteiger partial charge in [-0.2, -0.15) is 0 Å². The van der Waals surface area contributed by atoms with E-state index in [9.17, 15) is 4.57 Å². The molecule has 0 aliphatic rings. The zero-order valence-corrected chi connectivity index (χ0v) is 13.5. The standard InChI is InChI=1S/C10H10BrCl2O4P/c1-15-18(14,16-2)17-10(6-11)8-4-3-7(12)5-9(8)13/h3-6H,1-2H3/b10-6-. The second-order valence-corrected chi connectivity index (χ2v) is 6.11. The lowest BCUT2D eigenvalue weighted by Gasteiger charge is -2.17. The van der Waals surface area contributed by atoms with E-state index >= 15 is 0 Å². The van der Waals surface area contributed by atoms with E-state index < -0.39 is 7.82 Å². The Morgan fingerprint density at radius 2 is 1.94 bits per heavy atom. The van der Waals surface area contributed by atoms with E-state index in [1.165, 1.54) is 19.2 Å². The fourth-order valence-corrected chi connectivity index (χ4v) is 2.76. The van der Waals surface area contributed by atoms with Crippen molar-refractivity contribution in [3.05, 3.63) is 38.8 Å². The third-order valence-corrected chi connectivity index (χ3v) is 4.23. The first kappa shape index (κ1) is 16.0. The molecule has 0 saturated carbocycles. The number of phosphoric ester groups is 1. The molecule has 1 aromatic rings. The summed E-state index contributed by atoms with van der Waals surface area (Å²) in [4.78, 5) is 1.42. The third-order valence-electron chi connectivity index (χ3n) is 1.95. The molecule has 0 N–H and O–H groups in total. The molecule has 18 heavy (non-hydrogen) atoms.